The quantitative estimate of drug-likeness (QED) is 0.831. The minimum Gasteiger partial charge on any atom is -0.327 e. The van der Waals surface area contributed by atoms with Gasteiger partial charge in [0.1, 0.15) is 5.82 Å². The van der Waals surface area contributed by atoms with Gasteiger partial charge in [0.25, 0.3) is 0 Å². The van der Waals surface area contributed by atoms with Crippen LogP contribution in [0.5, 0.6) is 0 Å². The molecule has 1 aliphatic rings. The van der Waals surface area contributed by atoms with Crippen LogP contribution >= 0.6 is 28.3 Å². The van der Waals surface area contributed by atoms with Crippen LogP contribution in [0.15, 0.2) is 22.7 Å². The highest BCUT2D eigenvalue weighted by atomic mass is 79.9. The van der Waals surface area contributed by atoms with Crippen LogP contribution in [0.4, 0.5) is 4.39 Å². The Bertz CT molecular complexity index is 318. The number of hydrogen-bond donors (Lipinski definition) is 1. The van der Waals surface area contributed by atoms with Crippen molar-refractivity contribution in [3.05, 3.63) is 34.1 Å². The van der Waals surface area contributed by atoms with E-state index in [-0.39, 0.29) is 24.3 Å². The summed E-state index contributed by atoms with van der Waals surface area (Å²) in [6.07, 6.45) is 0.987. The molecule has 1 aromatic carbocycles. The molecule has 0 aromatic heterocycles. The average molecular weight is 267 g/mol. The van der Waals surface area contributed by atoms with E-state index in [1.807, 2.05) is 6.07 Å². The lowest BCUT2D eigenvalue weighted by Gasteiger charge is -1.99. The van der Waals surface area contributed by atoms with Crippen molar-refractivity contribution in [1.82, 2.24) is 0 Å². The average Bonchev–Trinajstić information content (AvgIpc) is 2.73. The van der Waals surface area contributed by atoms with Crippen LogP contribution in [0.1, 0.15) is 17.9 Å². The Hall–Kier alpha value is -0.120. The molecule has 1 nitrogen and oxygen atoms in total. The largest absolute Gasteiger partial charge is 0.327 e. The van der Waals surface area contributed by atoms with Crippen molar-refractivity contribution in [2.75, 3.05) is 0 Å². The van der Waals surface area contributed by atoms with Crippen molar-refractivity contribution in [3.63, 3.8) is 0 Å². The van der Waals surface area contributed by atoms with Crippen LogP contribution < -0.4 is 5.73 Å². The second-order valence-electron chi connectivity index (χ2n) is 3.18. The Kier molecular flexibility index (Phi) is 3.33. The van der Waals surface area contributed by atoms with Crippen molar-refractivity contribution in [3.8, 4) is 0 Å². The molecule has 1 aliphatic carbocycles. The molecule has 0 heterocycles. The normalized spacial score (nSPS) is 25.2. The number of benzene rings is 1. The third-order valence-corrected chi connectivity index (χ3v) is 2.85. The van der Waals surface area contributed by atoms with Gasteiger partial charge in [-0.25, -0.2) is 4.39 Å². The smallest absolute Gasteiger partial charge is 0.137 e. The zero-order chi connectivity index (χ0) is 8.72. The summed E-state index contributed by atoms with van der Waals surface area (Å²) in [5, 5.41) is 0. The number of halogens is 3. The number of nitrogens with two attached hydrogens (primary N) is 1. The fourth-order valence-electron chi connectivity index (χ4n) is 1.34. The van der Waals surface area contributed by atoms with Crippen LogP contribution in [0.25, 0.3) is 0 Å². The standard InChI is InChI=1S/C9H9BrFN.ClH/c10-7-2-1-5(3-8(7)11)6-4-9(6)12;/h1-3,6,9H,4,12H2;1H/t6-,9+;/m0./s1. The first-order chi connectivity index (χ1) is 5.68. The fraction of sp³-hybridized carbons (Fsp3) is 0.333. The van der Waals surface area contributed by atoms with Crippen molar-refractivity contribution >= 4 is 28.3 Å². The predicted molar refractivity (Wildman–Crippen MR) is 56.7 cm³/mol. The molecule has 0 saturated heterocycles. The molecule has 1 fully saturated rings. The first-order valence-corrected chi connectivity index (χ1v) is 4.68. The summed E-state index contributed by atoms with van der Waals surface area (Å²) < 4.78 is 13.5. The molecule has 0 radical (unpaired) electrons. The highest BCUT2D eigenvalue weighted by molar-refractivity contribution is 9.10. The van der Waals surface area contributed by atoms with Gasteiger partial charge in [0.15, 0.2) is 0 Å². The number of hydrogen-bond acceptors (Lipinski definition) is 1. The first kappa shape index (κ1) is 11.0. The van der Waals surface area contributed by atoms with E-state index in [1.54, 1.807) is 12.1 Å². The summed E-state index contributed by atoms with van der Waals surface area (Å²) >= 11 is 3.11. The number of rotatable bonds is 1. The zero-order valence-electron chi connectivity index (χ0n) is 6.84. The minimum absolute atomic E-state index is 0. The molecule has 1 aromatic rings. The SMILES string of the molecule is Cl.N[C@@H]1C[C@H]1c1ccc(Br)c(F)c1. The molecule has 0 aliphatic heterocycles. The van der Waals surface area contributed by atoms with E-state index in [1.165, 1.54) is 0 Å². The summed E-state index contributed by atoms with van der Waals surface area (Å²) in [6.45, 7) is 0. The summed E-state index contributed by atoms with van der Waals surface area (Å²) in [6, 6.07) is 5.45. The molecule has 0 spiro atoms. The van der Waals surface area contributed by atoms with Crippen molar-refractivity contribution in [2.24, 2.45) is 5.73 Å². The van der Waals surface area contributed by atoms with Gasteiger partial charge in [0.05, 0.1) is 4.47 Å². The van der Waals surface area contributed by atoms with E-state index in [9.17, 15) is 4.39 Å². The van der Waals surface area contributed by atoms with Crippen molar-refractivity contribution < 1.29 is 4.39 Å². The van der Waals surface area contributed by atoms with Gasteiger partial charge in [-0.2, -0.15) is 0 Å². The summed E-state index contributed by atoms with van der Waals surface area (Å²) in [5.41, 5.74) is 6.67. The Morgan fingerprint density at radius 1 is 1.46 bits per heavy atom. The Morgan fingerprint density at radius 3 is 2.54 bits per heavy atom. The van der Waals surface area contributed by atoms with E-state index >= 15 is 0 Å². The third-order valence-electron chi connectivity index (χ3n) is 2.21. The minimum atomic E-state index is -0.202. The van der Waals surface area contributed by atoms with Gasteiger partial charge in [-0.1, -0.05) is 6.07 Å². The van der Waals surface area contributed by atoms with E-state index in [2.05, 4.69) is 15.9 Å². The molecular formula is C9H10BrClFN. The molecule has 72 valence electrons. The van der Waals surface area contributed by atoms with E-state index < -0.39 is 0 Å². The maximum atomic E-state index is 13.0. The maximum absolute atomic E-state index is 13.0. The monoisotopic (exact) mass is 265 g/mol. The molecule has 13 heavy (non-hydrogen) atoms. The van der Waals surface area contributed by atoms with Crippen molar-refractivity contribution in [1.29, 1.82) is 0 Å². The third kappa shape index (κ3) is 2.22. The maximum Gasteiger partial charge on any atom is 0.137 e. The highest BCUT2D eigenvalue weighted by Gasteiger charge is 2.34. The molecule has 0 bridgehead atoms. The van der Waals surface area contributed by atoms with Crippen LogP contribution in [-0.4, -0.2) is 6.04 Å². The molecule has 0 unspecified atom stereocenters. The lowest BCUT2D eigenvalue weighted by molar-refractivity contribution is 0.618. The van der Waals surface area contributed by atoms with Crippen LogP contribution in [0.2, 0.25) is 0 Å². The molecule has 2 N–H and O–H groups in total. The molecular weight excluding hydrogens is 256 g/mol. The predicted octanol–water partition coefficient (Wildman–Crippen LogP) is 2.82. The van der Waals surface area contributed by atoms with Gasteiger partial charge < -0.3 is 5.73 Å². The van der Waals surface area contributed by atoms with Crippen LogP contribution in [-0.2, 0) is 0 Å². The first-order valence-electron chi connectivity index (χ1n) is 3.89. The molecule has 0 amide bonds. The zero-order valence-corrected chi connectivity index (χ0v) is 9.24. The lowest BCUT2D eigenvalue weighted by atomic mass is 10.1. The molecule has 4 heteroatoms. The van der Waals surface area contributed by atoms with E-state index in [0.29, 0.717) is 10.4 Å². The van der Waals surface area contributed by atoms with Crippen molar-refractivity contribution in [2.45, 2.75) is 18.4 Å². The Balaban J connectivity index is 0.000000845. The molecule has 2 rings (SSSR count). The summed E-state index contributed by atoms with van der Waals surface area (Å²) in [7, 11) is 0. The van der Waals surface area contributed by atoms with Gasteiger partial charge in [-0.3, -0.25) is 0 Å². The van der Waals surface area contributed by atoms with Crippen LogP contribution in [0.3, 0.4) is 0 Å². The molecule has 2 atom stereocenters. The van der Waals surface area contributed by atoms with Gasteiger partial charge in [0.2, 0.25) is 0 Å². The highest BCUT2D eigenvalue weighted by Crippen LogP contribution is 2.39. The summed E-state index contributed by atoms with van der Waals surface area (Å²) in [5.74, 6) is 0.180. The van der Waals surface area contributed by atoms with Gasteiger partial charge >= 0.3 is 0 Å². The molecule has 1 saturated carbocycles. The lowest BCUT2D eigenvalue weighted by Crippen LogP contribution is -2.01. The van der Waals surface area contributed by atoms with Gasteiger partial charge in [-0.15, -0.1) is 12.4 Å². The van der Waals surface area contributed by atoms with Crippen LogP contribution in [0, 0.1) is 5.82 Å². The topological polar surface area (TPSA) is 26.0 Å². The van der Waals surface area contributed by atoms with E-state index in [0.717, 1.165) is 12.0 Å². The Morgan fingerprint density at radius 2 is 2.08 bits per heavy atom. The van der Waals surface area contributed by atoms with E-state index in [4.69, 9.17) is 5.73 Å². The Labute approximate surface area is 91.0 Å². The fourth-order valence-corrected chi connectivity index (χ4v) is 1.59. The van der Waals surface area contributed by atoms with Gasteiger partial charge in [-0.05, 0) is 40.0 Å². The second kappa shape index (κ2) is 3.95. The van der Waals surface area contributed by atoms with Gasteiger partial charge in [0, 0.05) is 12.0 Å². The second-order valence-corrected chi connectivity index (χ2v) is 4.03. The summed E-state index contributed by atoms with van der Waals surface area (Å²) in [4.78, 5) is 0.